The second-order valence-corrected chi connectivity index (χ2v) is 8.28. The fourth-order valence-corrected chi connectivity index (χ4v) is 4.62. The molecule has 0 radical (unpaired) electrons. The molecule has 0 saturated carbocycles. The maximum absolute atomic E-state index is 11.2. The largest absolute Gasteiger partial charge is 0.464 e. The van der Waals surface area contributed by atoms with E-state index in [4.69, 9.17) is 4.42 Å². The van der Waals surface area contributed by atoms with Crippen LogP contribution in [0.15, 0.2) is 83.9 Å². The van der Waals surface area contributed by atoms with E-state index in [0.29, 0.717) is 0 Å². The van der Waals surface area contributed by atoms with E-state index in [-0.39, 0.29) is 10.6 Å². The van der Waals surface area contributed by atoms with Crippen molar-refractivity contribution in [2.24, 2.45) is 14.1 Å². The number of H-pyrrole nitrogens is 1. The van der Waals surface area contributed by atoms with Gasteiger partial charge in [-0.3, -0.25) is 10.1 Å². The Kier molecular flexibility index (Phi) is 4.07. The van der Waals surface area contributed by atoms with E-state index < -0.39 is 0 Å². The number of rotatable bonds is 4. The number of aryl methyl sites for hydroxylation is 2. The van der Waals surface area contributed by atoms with Gasteiger partial charge in [-0.2, -0.15) is 0 Å². The minimum Gasteiger partial charge on any atom is -0.464 e. The summed E-state index contributed by atoms with van der Waals surface area (Å²) in [6.45, 7) is 0. The molecule has 0 saturated heterocycles. The monoisotopic (exact) mass is 436 g/mol. The van der Waals surface area contributed by atoms with Gasteiger partial charge < -0.3 is 18.5 Å². The first kappa shape index (κ1) is 19.2. The highest BCUT2D eigenvalue weighted by Crippen LogP contribution is 2.37. The van der Waals surface area contributed by atoms with Crippen molar-refractivity contribution < 1.29 is 9.34 Å². The predicted octanol–water partition coefficient (Wildman–Crippen LogP) is 6.50. The summed E-state index contributed by atoms with van der Waals surface area (Å²) in [5, 5.41) is 13.3. The molecule has 4 heterocycles. The van der Waals surface area contributed by atoms with Crippen LogP contribution in [0.1, 0.15) is 0 Å². The maximum atomic E-state index is 11.2. The number of nitro benzene ring substituents is 1. The van der Waals surface area contributed by atoms with Crippen LogP contribution in [-0.2, 0) is 14.1 Å². The van der Waals surface area contributed by atoms with Gasteiger partial charge in [0.15, 0.2) is 0 Å². The topological polar surface area (TPSA) is 81.9 Å². The van der Waals surface area contributed by atoms with Crippen LogP contribution in [-0.4, -0.2) is 19.0 Å². The molecule has 162 valence electrons. The van der Waals surface area contributed by atoms with Crippen LogP contribution in [0, 0.1) is 10.1 Å². The highest BCUT2D eigenvalue weighted by Gasteiger charge is 2.16. The van der Waals surface area contributed by atoms with Gasteiger partial charge in [0.25, 0.3) is 5.69 Å². The lowest BCUT2D eigenvalue weighted by molar-refractivity contribution is -0.384. The van der Waals surface area contributed by atoms with Gasteiger partial charge >= 0.3 is 0 Å². The SMILES string of the molecule is Cn1cc(-c2c[nH]c(-c3cn(C)c4cc(-c5ccco5)ccc34)c2)c2ccc([N+](=O)[O-])cc21. The summed E-state index contributed by atoms with van der Waals surface area (Å²) < 4.78 is 9.60. The number of non-ortho nitro benzene ring substituents is 1. The molecule has 7 nitrogen and oxygen atoms in total. The first-order valence-corrected chi connectivity index (χ1v) is 10.6. The fraction of sp³-hybridized carbons (Fsp3) is 0.0769. The number of hydrogen-bond acceptors (Lipinski definition) is 3. The minimum absolute atomic E-state index is 0.0923. The van der Waals surface area contributed by atoms with E-state index in [0.717, 1.165) is 55.5 Å². The molecule has 0 fully saturated rings. The van der Waals surface area contributed by atoms with Gasteiger partial charge in [0.2, 0.25) is 0 Å². The lowest BCUT2D eigenvalue weighted by atomic mass is 10.0. The molecule has 0 aliphatic rings. The van der Waals surface area contributed by atoms with E-state index in [1.165, 1.54) is 0 Å². The Balaban J connectivity index is 1.44. The van der Waals surface area contributed by atoms with Crippen molar-refractivity contribution in [2.45, 2.75) is 0 Å². The molecule has 0 atom stereocenters. The standard InChI is InChI=1S/C26H20N4O3/c1-28-14-21(19-8-6-18(30(31)32)12-25(19)28)17-10-23(27-13-17)22-15-29(2)24-11-16(5-7-20(22)24)26-4-3-9-33-26/h3-15,27H,1-2H3. The Bertz CT molecular complexity index is 1670. The number of nitro groups is 1. The number of hydrogen-bond donors (Lipinski definition) is 1. The molecular formula is C26H20N4O3. The van der Waals surface area contributed by atoms with Gasteiger partial charge in [0.1, 0.15) is 5.76 Å². The molecule has 7 heteroatoms. The van der Waals surface area contributed by atoms with Crippen molar-refractivity contribution >= 4 is 27.5 Å². The first-order chi connectivity index (χ1) is 16.0. The molecule has 33 heavy (non-hydrogen) atoms. The quantitative estimate of drug-likeness (QED) is 0.253. The average molecular weight is 436 g/mol. The number of fused-ring (bicyclic) bond motifs is 2. The Morgan fingerprint density at radius 3 is 2.36 bits per heavy atom. The minimum atomic E-state index is -0.363. The number of aromatic amines is 1. The molecule has 0 amide bonds. The number of nitrogens with one attached hydrogen (secondary N) is 1. The van der Waals surface area contributed by atoms with Crippen molar-refractivity contribution in [3.8, 4) is 33.7 Å². The van der Waals surface area contributed by atoms with Crippen LogP contribution in [0.3, 0.4) is 0 Å². The molecule has 0 aliphatic carbocycles. The molecule has 6 aromatic rings. The van der Waals surface area contributed by atoms with Crippen LogP contribution in [0.2, 0.25) is 0 Å². The summed E-state index contributed by atoms with van der Waals surface area (Å²) in [6.07, 6.45) is 7.81. The van der Waals surface area contributed by atoms with Crippen LogP contribution >= 0.6 is 0 Å². The van der Waals surface area contributed by atoms with Gasteiger partial charge in [-0.15, -0.1) is 0 Å². The Hall–Kier alpha value is -4.52. The molecule has 2 aromatic carbocycles. The number of furan rings is 1. The molecule has 0 bridgehead atoms. The van der Waals surface area contributed by atoms with Gasteiger partial charge in [0.05, 0.1) is 16.7 Å². The fourth-order valence-electron chi connectivity index (χ4n) is 4.62. The summed E-state index contributed by atoms with van der Waals surface area (Å²) >= 11 is 0. The maximum Gasteiger partial charge on any atom is 0.271 e. The zero-order chi connectivity index (χ0) is 22.7. The van der Waals surface area contributed by atoms with Crippen LogP contribution in [0.4, 0.5) is 5.69 Å². The lowest BCUT2D eigenvalue weighted by Crippen LogP contribution is -1.89. The van der Waals surface area contributed by atoms with Gasteiger partial charge in [-0.05, 0) is 30.3 Å². The van der Waals surface area contributed by atoms with Crippen LogP contribution < -0.4 is 0 Å². The molecule has 6 rings (SSSR count). The summed E-state index contributed by atoms with van der Waals surface area (Å²) in [6, 6.07) is 17.3. The van der Waals surface area contributed by atoms with Crippen molar-refractivity contribution in [2.75, 3.05) is 0 Å². The van der Waals surface area contributed by atoms with Crippen molar-refractivity contribution in [3.63, 3.8) is 0 Å². The smallest absolute Gasteiger partial charge is 0.271 e. The molecule has 1 N–H and O–H groups in total. The highest BCUT2D eigenvalue weighted by molar-refractivity contribution is 6.00. The average Bonchev–Trinajstić information content (AvgIpc) is 3.60. The highest BCUT2D eigenvalue weighted by atomic mass is 16.6. The van der Waals surface area contributed by atoms with Crippen molar-refractivity contribution in [1.82, 2.24) is 14.1 Å². The number of nitrogens with zero attached hydrogens (tertiary/aromatic N) is 3. The van der Waals surface area contributed by atoms with Crippen LogP contribution in [0.5, 0.6) is 0 Å². The predicted molar refractivity (Wildman–Crippen MR) is 129 cm³/mol. The number of benzene rings is 2. The van der Waals surface area contributed by atoms with E-state index in [2.05, 4.69) is 40.0 Å². The van der Waals surface area contributed by atoms with E-state index in [1.54, 1.807) is 18.4 Å². The summed E-state index contributed by atoms with van der Waals surface area (Å²) in [5.41, 5.74) is 7.27. The van der Waals surface area contributed by atoms with E-state index in [1.807, 2.05) is 49.3 Å². The van der Waals surface area contributed by atoms with Crippen molar-refractivity contribution in [3.05, 3.63) is 89.6 Å². The molecular weight excluding hydrogens is 416 g/mol. The first-order valence-electron chi connectivity index (χ1n) is 10.6. The van der Waals surface area contributed by atoms with Gasteiger partial charge in [0, 0.05) is 89.1 Å². The summed E-state index contributed by atoms with van der Waals surface area (Å²) in [7, 11) is 3.95. The number of aromatic nitrogens is 3. The molecule has 0 aliphatic heterocycles. The van der Waals surface area contributed by atoms with Crippen molar-refractivity contribution in [1.29, 1.82) is 0 Å². The van der Waals surface area contributed by atoms with Gasteiger partial charge in [-0.1, -0.05) is 12.1 Å². The molecule has 0 unspecified atom stereocenters. The second-order valence-electron chi connectivity index (χ2n) is 8.28. The van der Waals surface area contributed by atoms with Crippen LogP contribution in [0.25, 0.3) is 55.5 Å². The lowest BCUT2D eigenvalue weighted by Gasteiger charge is -2.01. The Labute approximate surface area is 188 Å². The summed E-state index contributed by atoms with van der Waals surface area (Å²) in [4.78, 5) is 14.2. The Morgan fingerprint density at radius 1 is 0.879 bits per heavy atom. The summed E-state index contributed by atoms with van der Waals surface area (Å²) in [5.74, 6) is 0.845. The van der Waals surface area contributed by atoms with Gasteiger partial charge in [-0.25, -0.2) is 0 Å². The molecule has 0 spiro atoms. The van der Waals surface area contributed by atoms with E-state index in [9.17, 15) is 10.1 Å². The third-order valence-corrected chi connectivity index (χ3v) is 6.27. The third-order valence-electron chi connectivity index (χ3n) is 6.27. The van der Waals surface area contributed by atoms with E-state index >= 15 is 0 Å². The second kappa shape index (κ2) is 7.00. The normalized spacial score (nSPS) is 11.6. The molecule has 4 aromatic heterocycles. The Morgan fingerprint density at radius 2 is 1.61 bits per heavy atom. The third kappa shape index (κ3) is 2.97. The zero-order valence-electron chi connectivity index (χ0n) is 18.1. The zero-order valence-corrected chi connectivity index (χ0v) is 18.1.